The standard InChI is InChI=1S/C9H15N3O/c1-12(8-2-3-8)6-9-4-7(5-10)11-13-9/h4,8H,2-3,5-6,10H2,1H3. The van der Waals surface area contributed by atoms with Crippen molar-refractivity contribution in [1.29, 1.82) is 0 Å². The quantitative estimate of drug-likeness (QED) is 0.744. The van der Waals surface area contributed by atoms with E-state index in [1.165, 1.54) is 12.8 Å². The van der Waals surface area contributed by atoms with Crippen molar-refractivity contribution in [2.45, 2.75) is 32.0 Å². The van der Waals surface area contributed by atoms with E-state index in [9.17, 15) is 0 Å². The van der Waals surface area contributed by atoms with Crippen molar-refractivity contribution in [3.05, 3.63) is 17.5 Å². The maximum absolute atomic E-state index is 5.43. The minimum absolute atomic E-state index is 0.455. The molecule has 4 heteroatoms. The van der Waals surface area contributed by atoms with Gasteiger partial charge in [0.25, 0.3) is 0 Å². The number of hydrogen-bond acceptors (Lipinski definition) is 4. The molecule has 1 heterocycles. The van der Waals surface area contributed by atoms with E-state index in [1.54, 1.807) is 0 Å². The summed E-state index contributed by atoms with van der Waals surface area (Å²) in [6.45, 7) is 1.30. The van der Waals surface area contributed by atoms with Gasteiger partial charge in [-0.25, -0.2) is 0 Å². The Labute approximate surface area is 77.7 Å². The summed E-state index contributed by atoms with van der Waals surface area (Å²) in [7, 11) is 2.11. The van der Waals surface area contributed by atoms with E-state index in [2.05, 4.69) is 17.1 Å². The minimum Gasteiger partial charge on any atom is -0.360 e. The predicted octanol–water partition coefficient (Wildman–Crippen LogP) is 0.727. The van der Waals surface area contributed by atoms with Gasteiger partial charge in [0.2, 0.25) is 0 Å². The summed E-state index contributed by atoms with van der Waals surface area (Å²) in [5, 5.41) is 3.84. The van der Waals surface area contributed by atoms with Gasteiger partial charge in [0, 0.05) is 18.7 Å². The predicted molar refractivity (Wildman–Crippen MR) is 48.9 cm³/mol. The van der Waals surface area contributed by atoms with Crippen molar-refractivity contribution in [2.75, 3.05) is 7.05 Å². The molecule has 1 aliphatic rings. The molecule has 0 aliphatic heterocycles. The first-order valence-electron chi connectivity index (χ1n) is 4.64. The van der Waals surface area contributed by atoms with Gasteiger partial charge < -0.3 is 10.3 Å². The summed E-state index contributed by atoms with van der Waals surface area (Å²) in [6.07, 6.45) is 2.63. The molecule has 0 spiro atoms. The van der Waals surface area contributed by atoms with E-state index in [-0.39, 0.29) is 0 Å². The number of nitrogens with zero attached hydrogens (tertiary/aromatic N) is 2. The molecule has 1 aliphatic carbocycles. The van der Waals surface area contributed by atoms with Crippen molar-refractivity contribution in [3.63, 3.8) is 0 Å². The fourth-order valence-electron chi connectivity index (χ4n) is 1.42. The summed E-state index contributed by atoms with van der Waals surface area (Å²) >= 11 is 0. The van der Waals surface area contributed by atoms with Gasteiger partial charge in [-0.1, -0.05) is 5.16 Å². The summed E-state index contributed by atoms with van der Waals surface area (Å²) in [6, 6.07) is 2.69. The molecular weight excluding hydrogens is 166 g/mol. The molecule has 1 aromatic heterocycles. The Morgan fingerprint density at radius 2 is 2.46 bits per heavy atom. The third kappa shape index (κ3) is 2.08. The fraction of sp³-hybridized carbons (Fsp3) is 0.667. The van der Waals surface area contributed by atoms with Crippen LogP contribution in [0.2, 0.25) is 0 Å². The van der Waals surface area contributed by atoms with Crippen LogP contribution in [0.15, 0.2) is 10.6 Å². The number of aromatic nitrogens is 1. The molecule has 72 valence electrons. The smallest absolute Gasteiger partial charge is 0.151 e. The largest absolute Gasteiger partial charge is 0.360 e. The van der Waals surface area contributed by atoms with Crippen LogP contribution in [-0.4, -0.2) is 23.1 Å². The van der Waals surface area contributed by atoms with Crippen molar-refractivity contribution >= 4 is 0 Å². The molecule has 0 amide bonds. The van der Waals surface area contributed by atoms with Crippen LogP contribution in [0.4, 0.5) is 0 Å². The third-order valence-corrected chi connectivity index (χ3v) is 2.39. The van der Waals surface area contributed by atoms with Gasteiger partial charge in [-0.05, 0) is 19.9 Å². The molecule has 1 fully saturated rings. The molecule has 0 bridgehead atoms. The lowest BCUT2D eigenvalue weighted by molar-refractivity contribution is 0.264. The van der Waals surface area contributed by atoms with E-state index in [1.807, 2.05) is 6.07 Å². The molecule has 4 nitrogen and oxygen atoms in total. The maximum Gasteiger partial charge on any atom is 0.151 e. The van der Waals surface area contributed by atoms with E-state index in [4.69, 9.17) is 10.3 Å². The first-order valence-corrected chi connectivity index (χ1v) is 4.64. The van der Waals surface area contributed by atoms with Crippen LogP contribution < -0.4 is 5.73 Å². The monoisotopic (exact) mass is 181 g/mol. The minimum atomic E-state index is 0.455. The molecule has 1 aromatic rings. The molecule has 0 saturated heterocycles. The molecule has 1 saturated carbocycles. The molecule has 0 radical (unpaired) electrons. The van der Waals surface area contributed by atoms with Gasteiger partial charge in [0.15, 0.2) is 5.76 Å². The molecular formula is C9H15N3O. The Bertz CT molecular complexity index is 280. The second kappa shape index (κ2) is 3.47. The number of hydrogen-bond donors (Lipinski definition) is 1. The lowest BCUT2D eigenvalue weighted by Crippen LogP contribution is -2.19. The second-order valence-corrected chi connectivity index (χ2v) is 3.63. The first kappa shape index (κ1) is 8.72. The fourth-order valence-corrected chi connectivity index (χ4v) is 1.42. The van der Waals surface area contributed by atoms with Crippen LogP contribution >= 0.6 is 0 Å². The average Bonchev–Trinajstić information content (AvgIpc) is 2.88. The first-order chi connectivity index (χ1) is 6.29. The Morgan fingerprint density at radius 3 is 3.00 bits per heavy atom. The summed E-state index contributed by atoms with van der Waals surface area (Å²) in [5.41, 5.74) is 6.26. The topological polar surface area (TPSA) is 55.3 Å². The lowest BCUT2D eigenvalue weighted by atomic mass is 10.3. The normalized spacial score (nSPS) is 16.8. The highest BCUT2D eigenvalue weighted by molar-refractivity contribution is 5.05. The Balaban J connectivity index is 1.92. The third-order valence-electron chi connectivity index (χ3n) is 2.39. The van der Waals surface area contributed by atoms with E-state index in [0.717, 1.165) is 24.0 Å². The van der Waals surface area contributed by atoms with Crippen molar-refractivity contribution < 1.29 is 4.52 Å². The number of rotatable bonds is 4. The zero-order chi connectivity index (χ0) is 9.26. The lowest BCUT2D eigenvalue weighted by Gasteiger charge is -2.12. The highest BCUT2D eigenvalue weighted by Gasteiger charge is 2.26. The molecule has 0 unspecified atom stereocenters. The van der Waals surface area contributed by atoms with E-state index >= 15 is 0 Å². The van der Waals surface area contributed by atoms with Gasteiger partial charge in [-0.2, -0.15) is 0 Å². The maximum atomic E-state index is 5.43. The highest BCUT2D eigenvalue weighted by atomic mass is 16.5. The van der Waals surface area contributed by atoms with Gasteiger partial charge in [-0.3, -0.25) is 4.90 Å². The van der Waals surface area contributed by atoms with E-state index in [0.29, 0.717) is 6.54 Å². The zero-order valence-electron chi connectivity index (χ0n) is 7.86. The number of nitrogens with two attached hydrogens (primary N) is 1. The van der Waals surface area contributed by atoms with Gasteiger partial charge in [-0.15, -0.1) is 0 Å². The van der Waals surface area contributed by atoms with Gasteiger partial charge in [0.1, 0.15) is 0 Å². The SMILES string of the molecule is CN(Cc1cc(CN)no1)C1CC1. The summed E-state index contributed by atoms with van der Waals surface area (Å²) in [4.78, 5) is 2.29. The highest BCUT2D eigenvalue weighted by Crippen LogP contribution is 2.26. The van der Waals surface area contributed by atoms with Crippen LogP contribution in [0.5, 0.6) is 0 Å². The molecule has 0 atom stereocenters. The molecule has 13 heavy (non-hydrogen) atoms. The van der Waals surface area contributed by atoms with Gasteiger partial charge >= 0.3 is 0 Å². The van der Waals surface area contributed by atoms with Crippen LogP contribution in [0.25, 0.3) is 0 Å². The average molecular weight is 181 g/mol. The van der Waals surface area contributed by atoms with Gasteiger partial charge in [0.05, 0.1) is 12.2 Å². The zero-order valence-corrected chi connectivity index (χ0v) is 7.86. The Hall–Kier alpha value is -0.870. The van der Waals surface area contributed by atoms with Crippen LogP contribution in [-0.2, 0) is 13.1 Å². The molecule has 0 aromatic carbocycles. The van der Waals surface area contributed by atoms with Crippen molar-refractivity contribution in [2.24, 2.45) is 5.73 Å². The Morgan fingerprint density at radius 1 is 1.69 bits per heavy atom. The van der Waals surface area contributed by atoms with Crippen LogP contribution in [0, 0.1) is 0 Å². The Kier molecular flexibility index (Phi) is 2.33. The summed E-state index contributed by atoms with van der Waals surface area (Å²) < 4.78 is 5.13. The van der Waals surface area contributed by atoms with Crippen LogP contribution in [0.1, 0.15) is 24.3 Å². The van der Waals surface area contributed by atoms with E-state index < -0.39 is 0 Å². The summed E-state index contributed by atoms with van der Waals surface area (Å²) in [5.74, 6) is 0.912. The van der Waals surface area contributed by atoms with Crippen LogP contribution in [0.3, 0.4) is 0 Å². The molecule has 2 N–H and O–H groups in total. The van der Waals surface area contributed by atoms with Crippen molar-refractivity contribution in [1.82, 2.24) is 10.1 Å². The molecule has 2 rings (SSSR count). The second-order valence-electron chi connectivity index (χ2n) is 3.63. The van der Waals surface area contributed by atoms with Crippen molar-refractivity contribution in [3.8, 4) is 0 Å².